The minimum Gasteiger partial charge on any atom is -0.358 e. The molecule has 0 aromatic carbocycles. The number of anilines is 1. The van der Waals surface area contributed by atoms with Crippen molar-refractivity contribution in [2.75, 3.05) is 19.0 Å². The van der Waals surface area contributed by atoms with Gasteiger partial charge in [0.1, 0.15) is 0 Å². The number of pyridine rings is 1. The van der Waals surface area contributed by atoms with Crippen molar-refractivity contribution in [2.24, 2.45) is 5.84 Å². The average molecular weight is 241 g/mol. The van der Waals surface area contributed by atoms with Gasteiger partial charge in [-0.3, -0.25) is 9.59 Å². The molecule has 2 amide bonds. The molecule has 0 atom stereocenters. The average Bonchev–Trinajstić information content (AvgIpc) is 2.35. The Bertz CT molecular complexity index is 437. The molecule has 1 heterocycles. The van der Waals surface area contributed by atoms with Crippen LogP contribution in [0.4, 0.5) is 10.2 Å². The molecule has 1 rings (SSSR count). The third kappa shape index (κ3) is 3.11. The Morgan fingerprint density at radius 1 is 1.53 bits per heavy atom. The molecular weight excluding hydrogens is 229 g/mol. The first-order chi connectivity index (χ1) is 8.10. The molecule has 5 N–H and O–H groups in total. The van der Waals surface area contributed by atoms with Gasteiger partial charge in [-0.1, -0.05) is 0 Å². The normalized spacial score (nSPS) is 9.59. The quantitative estimate of drug-likeness (QED) is 0.398. The number of nitrogens with two attached hydrogens (primary N) is 1. The van der Waals surface area contributed by atoms with Gasteiger partial charge in [0, 0.05) is 13.2 Å². The minimum atomic E-state index is -0.871. The van der Waals surface area contributed by atoms with E-state index in [0.29, 0.717) is 0 Å². The molecule has 0 aliphatic carbocycles. The lowest BCUT2D eigenvalue weighted by atomic mass is 10.2. The number of nitrogens with one attached hydrogen (secondary N) is 3. The van der Waals surface area contributed by atoms with Gasteiger partial charge in [0.05, 0.1) is 12.1 Å². The van der Waals surface area contributed by atoms with Crippen molar-refractivity contribution >= 4 is 17.6 Å². The summed E-state index contributed by atoms with van der Waals surface area (Å²) in [6.07, 6.45) is 1.23. The summed E-state index contributed by atoms with van der Waals surface area (Å²) in [6, 6.07) is 1.19. The molecule has 0 aliphatic rings. The third-order valence-electron chi connectivity index (χ3n) is 1.96. The van der Waals surface area contributed by atoms with Crippen molar-refractivity contribution < 1.29 is 14.0 Å². The highest BCUT2D eigenvalue weighted by Gasteiger charge is 2.15. The maximum absolute atomic E-state index is 13.6. The highest BCUT2D eigenvalue weighted by Crippen LogP contribution is 2.13. The number of hydrogen-bond acceptors (Lipinski definition) is 5. The van der Waals surface area contributed by atoms with Crippen LogP contribution in [0.5, 0.6) is 0 Å². The van der Waals surface area contributed by atoms with Crippen molar-refractivity contribution in [3.05, 3.63) is 23.6 Å². The summed E-state index contributed by atoms with van der Waals surface area (Å²) in [5.74, 6) is 2.80. The zero-order valence-corrected chi connectivity index (χ0v) is 9.08. The van der Waals surface area contributed by atoms with Crippen LogP contribution in [0.15, 0.2) is 12.3 Å². The van der Waals surface area contributed by atoms with Crippen LogP contribution >= 0.6 is 0 Å². The molecule has 0 saturated heterocycles. The number of rotatable bonds is 4. The van der Waals surface area contributed by atoms with E-state index in [1.165, 1.54) is 19.3 Å². The number of carbonyl (C=O) groups excluding carboxylic acids is 2. The second-order valence-electron chi connectivity index (χ2n) is 3.02. The van der Waals surface area contributed by atoms with Crippen LogP contribution in [0.25, 0.3) is 0 Å². The number of hydrogen-bond donors (Lipinski definition) is 4. The monoisotopic (exact) mass is 241 g/mol. The molecule has 0 fully saturated rings. The summed E-state index contributed by atoms with van der Waals surface area (Å²) in [4.78, 5) is 26.0. The van der Waals surface area contributed by atoms with Crippen molar-refractivity contribution in [3.8, 4) is 0 Å². The summed E-state index contributed by atoms with van der Waals surface area (Å²) in [7, 11) is 1.43. The molecule has 0 aliphatic heterocycles. The van der Waals surface area contributed by atoms with E-state index in [1.807, 2.05) is 5.43 Å². The van der Waals surface area contributed by atoms with Gasteiger partial charge in [-0.15, -0.1) is 0 Å². The SMILES string of the molecule is CNC(=O)CNC(=O)c1ccnc(NN)c1F. The number of amides is 2. The summed E-state index contributed by atoms with van der Waals surface area (Å²) in [5.41, 5.74) is 1.78. The number of carbonyl (C=O) groups is 2. The fraction of sp³-hybridized carbons (Fsp3) is 0.222. The lowest BCUT2D eigenvalue weighted by molar-refractivity contribution is -0.119. The Balaban J connectivity index is 2.79. The molecule has 0 saturated carbocycles. The van der Waals surface area contributed by atoms with E-state index < -0.39 is 11.7 Å². The molecule has 0 unspecified atom stereocenters. The molecular formula is C9H12FN5O2. The molecule has 8 heteroatoms. The maximum Gasteiger partial charge on any atom is 0.254 e. The molecule has 7 nitrogen and oxygen atoms in total. The number of likely N-dealkylation sites (N-methyl/N-ethyl adjacent to an activating group) is 1. The topological polar surface area (TPSA) is 109 Å². The van der Waals surface area contributed by atoms with Crippen LogP contribution in [0.1, 0.15) is 10.4 Å². The molecule has 17 heavy (non-hydrogen) atoms. The fourth-order valence-electron chi connectivity index (χ4n) is 1.06. The van der Waals surface area contributed by atoms with Gasteiger partial charge < -0.3 is 16.1 Å². The minimum absolute atomic E-state index is 0.234. The van der Waals surface area contributed by atoms with Crippen molar-refractivity contribution in [1.29, 1.82) is 0 Å². The van der Waals surface area contributed by atoms with Crippen molar-refractivity contribution in [1.82, 2.24) is 15.6 Å². The van der Waals surface area contributed by atoms with E-state index in [0.717, 1.165) is 0 Å². The first-order valence-electron chi connectivity index (χ1n) is 4.70. The van der Waals surface area contributed by atoms with Crippen LogP contribution in [0.2, 0.25) is 0 Å². The van der Waals surface area contributed by atoms with Crippen LogP contribution in [-0.4, -0.2) is 30.4 Å². The maximum atomic E-state index is 13.6. The Morgan fingerprint density at radius 3 is 2.82 bits per heavy atom. The Hall–Kier alpha value is -2.22. The van der Waals surface area contributed by atoms with E-state index in [1.54, 1.807) is 0 Å². The van der Waals surface area contributed by atoms with Gasteiger partial charge in [0.2, 0.25) is 5.91 Å². The molecule has 92 valence electrons. The van der Waals surface area contributed by atoms with Crippen molar-refractivity contribution in [2.45, 2.75) is 0 Å². The Morgan fingerprint density at radius 2 is 2.24 bits per heavy atom. The van der Waals surface area contributed by atoms with Gasteiger partial charge in [-0.05, 0) is 6.07 Å². The number of aromatic nitrogens is 1. The summed E-state index contributed by atoms with van der Waals surface area (Å²) in [5, 5.41) is 4.57. The highest BCUT2D eigenvalue weighted by molar-refractivity contribution is 5.97. The van der Waals surface area contributed by atoms with Gasteiger partial charge in [-0.2, -0.15) is 0 Å². The van der Waals surface area contributed by atoms with E-state index in [9.17, 15) is 14.0 Å². The molecule has 0 spiro atoms. The Labute approximate surface area is 96.6 Å². The van der Waals surface area contributed by atoms with Gasteiger partial charge in [0.25, 0.3) is 5.91 Å². The van der Waals surface area contributed by atoms with Gasteiger partial charge in [0.15, 0.2) is 11.6 Å². The van der Waals surface area contributed by atoms with Crippen LogP contribution in [0.3, 0.4) is 0 Å². The first-order valence-corrected chi connectivity index (χ1v) is 4.70. The third-order valence-corrected chi connectivity index (χ3v) is 1.96. The van der Waals surface area contributed by atoms with Crippen molar-refractivity contribution in [3.63, 3.8) is 0 Å². The summed E-state index contributed by atoms with van der Waals surface area (Å²) >= 11 is 0. The van der Waals surface area contributed by atoms with Crippen LogP contribution in [0, 0.1) is 5.82 Å². The first kappa shape index (κ1) is 12.8. The zero-order chi connectivity index (χ0) is 12.8. The number of nitrogen functional groups attached to an aromatic ring is 1. The van der Waals surface area contributed by atoms with Gasteiger partial charge in [-0.25, -0.2) is 15.2 Å². The van der Waals surface area contributed by atoms with E-state index in [2.05, 4.69) is 15.6 Å². The second kappa shape index (κ2) is 5.75. The summed E-state index contributed by atoms with van der Waals surface area (Å²) in [6.45, 7) is -0.234. The van der Waals surface area contributed by atoms with E-state index in [-0.39, 0.29) is 23.8 Å². The summed E-state index contributed by atoms with van der Waals surface area (Å²) < 4.78 is 13.6. The van der Waals surface area contributed by atoms with E-state index in [4.69, 9.17) is 5.84 Å². The molecule has 0 radical (unpaired) electrons. The standard InChI is InChI=1S/C9H12FN5O2/c1-12-6(16)4-14-9(17)5-2-3-13-8(15-11)7(5)10/h2-3H,4,11H2,1H3,(H,12,16)(H,13,15)(H,14,17). The highest BCUT2D eigenvalue weighted by atomic mass is 19.1. The lowest BCUT2D eigenvalue weighted by Crippen LogP contribution is -2.35. The smallest absolute Gasteiger partial charge is 0.254 e. The predicted molar refractivity (Wildman–Crippen MR) is 58.4 cm³/mol. The second-order valence-corrected chi connectivity index (χ2v) is 3.02. The van der Waals surface area contributed by atoms with Crippen LogP contribution < -0.4 is 21.9 Å². The zero-order valence-electron chi connectivity index (χ0n) is 9.08. The largest absolute Gasteiger partial charge is 0.358 e. The fourth-order valence-corrected chi connectivity index (χ4v) is 1.06. The number of halogens is 1. The molecule has 1 aromatic heterocycles. The molecule has 1 aromatic rings. The van der Waals surface area contributed by atoms with Gasteiger partial charge >= 0.3 is 0 Å². The number of hydrazine groups is 1. The molecule has 0 bridgehead atoms. The predicted octanol–water partition coefficient (Wildman–Crippen LogP) is -1.02. The lowest BCUT2D eigenvalue weighted by Gasteiger charge is -2.07. The van der Waals surface area contributed by atoms with E-state index >= 15 is 0 Å². The van der Waals surface area contributed by atoms with Crippen LogP contribution in [-0.2, 0) is 4.79 Å². The Kier molecular flexibility index (Phi) is 4.35. The number of nitrogens with zero attached hydrogens (tertiary/aromatic N) is 1.